The smallest absolute Gasteiger partial charge is 0.401 e. The third-order valence-corrected chi connectivity index (χ3v) is 1.80. The predicted molar refractivity (Wildman–Crippen MR) is 52.2 cm³/mol. The lowest BCUT2D eigenvalue weighted by molar-refractivity contribution is 0.0527. The van der Waals surface area contributed by atoms with Crippen LogP contribution in [0.2, 0.25) is 5.02 Å². The van der Waals surface area contributed by atoms with E-state index in [0.29, 0.717) is 5.02 Å². The number of ether oxygens (including phenoxy) is 1. The standard InChI is InChI=1S/C9H8ClN2O2/c1-2-14-9(13)7-4-3-6(10)5-8(7)12-11/h3-5H,2H2,1H3/q+1. The highest BCUT2D eigenvalue weighted by Gasteiger charge is 2.21. The second-order valence-electron chi connectivity index (χ2n) is 2.48. The fraction of sp³-hybridized carbons (Fsp3) is 0.222. The SMILES string of the molecule is CCOC(=O)c1ccc(Cl)cc1[N+]#N. The molecule has 0 aliphatic rings. The second-order valence-corrected chi connectivity index (χ2v) is 2.92. The maximum Gasteiger partial charge on any atom is 0.401 e. The van der Waals surface area contributed by atoms with Crippen molar-refractivity contribution in [2.45, 2.75) is 6.92 Å². The summed E-state index contributed by atoms with van der Waals surface area (Å²) in [7, 11) is 0. The fourth-order valence-electron chi connectivity index (χ4n) is 0.969. The summed E-state index contributed by atoms with van der Waals surface area (Å²) in [5.74, 6) is -0.531. The number of diazo groups is 1. The van der Waals surface area contributed by atoms with Crippen LogP contribution in [0.1, 0.15) is 17.3 Å². The Morgan fingerprint density at radius 3 is 2.93 bits per heavy atom. The maximum atomic E-state index is 11.3. The van der Waals surface area contributed by atoms with Crippen LogP contribution >= 0.6 is 11.6 Å². The molecule has 0 heterocycles. The van der Waals surface area contributed by atoms with Gasteiger partial charge in [0, 0.05) is 5.02 Å². The molecular weight excluding hydrogens is 204 g/mol. The van der Waals surface area contributed by atoms with Gasteiger partial charge in [0.05, 0.1) is 12.7 Å². The molecule has 0 aliphatic carbocycles. The largest absolute Gasteiger partial charge is 0.462 e. The zero-order valence-electron chi connectivity index (χ0n) is 7.53. The maximum absolute atomic E-state index is 11.3. The van der Waals surface area contributed by atoms with Crippen molar-refractivity contribution in [3.63, 3.8) is 0 Å². The number of rotatable bonds is 2. The first-order valence-electron chi connectivity index (χ1n) is 4.00. The highest BCUT2D eigenvalue weighted by atomic mass is 35.5. The molecule has 0 fully saturated rings. The van der Waals surface area contributed by atoms with E-state index >= 15 is 0 Å². The Bertz CT molecular complexity index is 398. The van der Waals surface area contributed by atoms with E-state index in [1.165, 1.54) is 18.2 Å². The number of carbonyl (C=O) groups is 1. The van der Waals surface area contributed by atoms with Crippen LogP contribution in [0.4, 0.5) is 5.69 Å². The second kappa shape index (κ2) is 4.58. The summed E-state index contributed by atoms with van der Waals surface area (Å²) in [6.07, 6.45) is 0. The number of benzene rings is 1. The molecule has 0 N–H and O–H groups in total. The zero-order valence-corrected chi connectivity index (χ0v) is 8.28. The van der Waals surface area contributed by atoms with Crippen LogP contribution in [0, 0.1) is 5.39 Å². The molecule has 0 aliphatic heterocycles. The Balaban J connectivity index is 3.09. The summed E-state index contributed by atoms with van der Waals surface area (Å²) in [6.45, 7) is 1.97. The van der Waals surface area contributed by atoms with Gasteiger partial charge in [-0.3, -0.25) is 0 Å². The first kappa shape index (κ1) is 10.5. The van der Waals surface area contributed by atoms with Crippen molar-refractivity contribution in [1.82, 2.24) is 0 Å². The highest BCUT2D eigenvalue weighted by Crippen LogP contribution is 2.24. The van der Waals surface area contributed by atoms with Gasteiger partial charge in [0.1, 0.15) is 0 Å². The van der Waals surface area contributed by atoms with Gasteiger partial charge in [-0.1, -0.05) is 11.6 Å². The van der Waals surface area contributed by atoms with Crippen LogP contribution < -0.4 is 0 Å². The van der Waals surface area contributed by atoms with E-state index in [9.17, 15) is 4.79 Å². The van der Waals surface area contributed by atoms with E-state index in [4.69, 9.17) is 21.7 Å². The molecule has 0 atom stereocenters. The molecule has 0 bridgehead atoms. The molecule has 1 rings (SSSR count). The topological polar surface area (TPSA) is 54.5 Å². The summed E-state index contributed by atoms with van der Waals surface area (Å²) in [6, 6.07) is 4.37. The van der Waals surface area contributed by atoms with Crippen molar-refractivity contribution in [2.75, 3.05) is 6.61 Å². The Morgan fingerprint density at radius 1 is 1.64 bits per heavy atom. The molecule has 0 radical (unpaired) electrons. The molecule has 1 aromatic carbocycles. The lowest BCUT2D eigenvalue weighted by Gasteiger charge is -1.98. The van der Waals surface area contributed by atoms with Gasteiger partial charge in [0.2, 0.25) is 5.39 Å². The minimum Gasteiger partial charge on any atom is -0.462 e. The van der Waals surface area contributed by atoms with Gasteiger partial charge < -0.3 is 4.74 Å². The first-order chi connectivity index (χ1) is 6.69. The van der Waals surface area contributed by atoms with E-state index in [1.807, 2.05) is 0 Å². The summed E-state index contributed by atoms with van der Waals surface area (Å²) in [5, 5.41) is 9.01. The number of carbonyl (C=O) groups excluding carboxylic acids is 1. The van der Waals surface area contributed by atoms with Crippen LogP contribution in [0.15, 0.2) is 18.2 Å². The normalized spacial score (nSPS) is 9.21. The van der Waals surface area contributed by atoms with Crippen LogP contribution in [-0.4, -0.2) is 12.6 Å². The summed E-state index contributed by atoms with van der Waals surface area (Å²) in [5.41, 5.74) is 0.301. The lowest BCUT2D eigenvalue weighted by atomic mass is 10.2. The van der Waals surface area contributed by atoms with Gasteiger partial charge >= 0.3 is 11.7 Å². The third kappa shape index (κ3) is 2.21. The van der Waals surface area contributed by atoms with Crippen LogP contribution in [0.5, 0.6) is 0 Å². The molecule has 0 saturated carbocycles. The van der Waals surface area contributed by atoms with Crippen molar-refractivity contribution in [3.8, 4) is 0 Å². The molecule has 0 amide bonds. The van der Waals surface area contributed by atoms with Crippen molar-refractivity contribution >= 4 is 23.3 Å². The average Bonchev–Trinajstić information content (AvgIpc) is 2.17. The van der Waals surface area contributed by atoms with E-state index in [2.05, 4.69) is 4.98 Å². The molecule has 0 spiro atoms. The van der Waals surface area contributed by atoms with Crippen LogP contribution in [0.25, 0.3) is 4.98 Å². The molecule has 0 unspecified atom stereocenters. The van der Waals surface area contributed by atoms with Crippen LogP contribution in [-0.2, 0) is 4.74 Å². The molecule has 14 heavy (non-hydrogen) atoms. The highest BCUT2D eigenvalue weighted by molar-refractivity contribution is 6.31. The molecule has 0 aromatic heterocycles. The molecule has 5 heteroatoms. The first-order valence-corrected chi connectivity index (χ1v) is 4.38. The molecule has 4 nitrogen and oxygen atoms in total. The summed E-state index contributed by atoms with van der Waals surface area (Å²) in [4.78, 5) is 14.2. The summed E-state index contributed by atoms with van der Waals surface area (Å²) < 4.78 is 4.76. The van der Waals surface area contributed by atoms with Crippen molar-refractivity contribution in [1.29, 1.82) is 5.39 Å². The minimum atomic E-state index is -0.531. The van der Waals surface area contributed by atoms with Gasteiger partial charge in [-0.15, -0.1) is 0 Å². The van der Waals surface area contributed by atoms with Crippen LogP contribution in [0.3, 0.4) is 0 Å². The number of halogens is 1. The number of nitrogens with zero attached hydrogens (tertiary/aromatic N) is 2. The molecule has 1 aromatic rings. The van der Waals surface area contributed by atoms with Crippen molar-refractivity contribution < 1.29 is 9.53 Å². The van der Waals surface area contributed by atoms with E-state index in [1.54, 1.807) is 6.92 Å². The Kier molecular flexibility index (Phi) is 3.43. The van der Waals surface area contributed by atoms with Crippen molar-refractivity contribution in [3.05, 3.63) is 33.8 Å². The molecular formula is C9H8ClN2O2+. The van der Waals surface area contributed by atoms with E-state index in [0.717, 1.165) is 0 Å². The van der Waals surface area contributed by atoms with Gasteiger partial charge in [-0.25, -0.2) is 4.79 Å². The van der Waals surface area contributed by atoms with Gasteiger partial charge in [-0.05, 0) is 19.1 Å². The number of hydrogen-bond donors (Lipinski definition) is 0. The fourth-order valence-corrected chi connectivity index (χ4v) is 1.14. The molecule has 72 valence electrons. The van der Waals surface area contributed by atoms with Gasteiger partial charge in [0.25, 0.3) is 0 Å². The Hall–Kier alpha value is -1.60. The molecule has 0 saturated heterocycles. The summed E-state index contributed by atoms with van der Waals surface area (Å²) >= 11 is 5.65. The number of hydrogen-bond acceptors (Lipinski definition) is 3. The van der Waals surface area contributed by atoms with E-state index < -0.39 is 5.97 Å². The third-order valence-electron chi connectivity index (χ3n) is 1.56. The average molecular weight is 212 g/mol. The minimum absolute atomic E-state index is 0.107. The van der Waals surface area contributed by atoms with Gasteiger partial charge in [-0.2, -0.15) is 0 Å². The van der Waals surface area contributed by atoms with Crippen molar-refractivity contribution in [2.24, 2.45) is 0 Å². The zero-order chi connectivity index (χ0) is 10.6. The van der Waals surface area contributed by atoms with E-state index in [-0.39, 0.29) is 17.9 Å². The number of esters is 1. The Labute approximate surface area is 86.1 Å². The lowest BCUT2D eigenvalue weighted by Crippen LogP contribution is -2.04. The quantitative estimate of drug-likeness (QED) is 0.558. The monoisotopic (exact) mass is 211 g/mol. The Morgan fingerprint density at radius 2 is 2.36 bits per heavy atom. The predicted octanol–water partition coefficient (Wildman–Crippen LogP) is 3.00. The van der Waals surface area contributed by atoms with Gasteiger partial charge in [0.15, 0.2) is 10.5 Å².